The number of carbonyl (C=O) groups excluding carboxylic acids is 1. The number of hydrogen-bond donors (Lipinski definition) is 3. The number of nitrogens with two attached hydrogens (primary N) is 1. The zero-order valence-corrected chi connectivity index (χ0v) is 14.4. The third-order valence-corrected chi connectivity index (χ3v) is 4.49. The molecule has 4 N–H and O–H groups in total. The predicted molar refractivity (Wildman–Crippen MR) is 92.6 cm³/mol. The Morgan fingerprint density at radius 2 is 1.76 bits per heavy atom. The van der Waals surface area contributed by atoms with Gasteiger partial charge in [0, 0.05) is 12.1 Å². The van der Waals surface area contributed by atoms with Crippen LogP contribution in [0.3, 0.4) is 0 Å². The van der Waals surface area contributed by atoms with Gasteiger partial charge in [-0.05, 0) is 36.7 Å². The number of sulfonamides is 1. The van der Waals surface area contributed by atoms with Crippen LogP contribution in [0.25, 0.3) is 0 Å². The first-order valence-electron chi connectivity index (χ1n) is 7.69. The maximum atomic E-state index is 13.4. The van der Waals surface area contributed by atoms with E-state index in [1.54, 1.807) is 30.3 Å². The van der Waals surface area contributed by atoms with Crippen molar-refractivity contribution in [3.8, 4) is 0 Å². The molecule has 0 radical (unpaired) electrons. The van der Waals surface area contributed by atoms with E-state index in [0.29, 0.717) is 18.5 Å². The SMILES string of the molecule is NS(=O)(=O)c1ccc(CCNCC(=O)NCc2ccccc2F)cc1. The zero-order valence-electron chi connectivity index (χ0n) is 13.5. The summed E-state index contributed by atoms with van der Waals surface area (Å²) in [5, 5.41) is 10.7. The van der Waals surface area contributed by atoms with Crippen molar-refractivity contribution in [1.29, 1.82) is 0 Å². The van der Waals surface area contributed by atoms with E-state index in [4.69, 9.17) is 5.14 Å². The standard InChI is InChI=1S/C17H20FN3O3S/c18-16-4-2-1-3-14(16)11-21-17(22)12-20-10-9-13-5-7-15(8-6-13)25(19,23)24/h1-8,20H,9-12H2,(H,21,22)(H2,19,23,24). The summed E-state index contributed by atoms with van der Waals surface area (Å²) in [5.74, 6) is -0.577. The van der Waals surface area contributed by atoms with Crippen molar-refractivity contribution in [2.24, 2.45) is 5.14 Å². The summed E-state index contributed by atoms with van der Waals surface area (Å²) >= 11 is 0. The normalized spacial score (nSPS) is 11.3. The average Bonchev–Trinajstić information content (AvgIpc) is 2.57. The van der Waals surface area contributed by atoms with Crippen LogP contribution in [0.4, 0.5) is 4.39 Å². The zero-order chi connectivity index (χ0) is 18.3. The van der Waals surface area contributed by atoms with Crippen molar-refractivity contribution < 1.29 is 17.6 Å². The highest BCUT2D eigenvalue weighted by atomic mass is 32.2. The minimum atomic E-state index is -3.68. The van der Waals surface area contributed by atoms with Gasteiger partial charge in [0.05, 0.1) is 11.4 Å². The minimum absolute atomic E-state index is 0.0664. The molecular weight excluding hydrogens is 345 g/mol. The van der Waals surface area contributed by atoms with Gasteiger partial charge >= 0.3 is 0 Å². The van der Waals surface area contributed by atoms with Gasteiger partial charge in [-0.2, -0.15) is 0 Å². The summed E-state index contributed by atoms with van der Waals surface area (Å²) < 4.78 is 35.7. The largest absolute Gasteiger partial charge is 0.351 e. The molecule has 0 atom stereocenters. The van der Waals surface area contributed by atoms with Gasteiger partial charge in [0.25, 0.3) is 0 Å². The van der Waals surface area contributed by atoms with E-state index in [1.165, 1.54) is 18.2 Å². The van der Waals surface area contributed by atoms with Crippen LogP contribution < -0.4 is 15.8 Å². The van der Waals surface area contributed by atoms with E-state index in [0.717, 1.165) is 5.56 Å². The molecule has 0 spiro atoms. The van der Waals surface area contributed by atoms with Crippen LogP contribution in [0.1, 0.15) is 11.1 Å². The van der Waals surface area contributed by atoms with Crippen molar-refractivity contribution in [3.05, 3.63) is 65.5 Å². The first-order chi connectivity index (χ1) is 11.9. The summed E-state index contributed by atoms with van der Waals surface area (Å²) in [6, 6.07) is 12.5. The van der Waals surface area contributed by atoms with Gasteiger partial charge in [0.2, 0.25) is 15.9 Å². The smallest absolute Gasteiger partial charge is 0.238 e. The van der Waals surface area contributed by atoms with Crippen LogP contribution >= 0.6 is 0 Å². The van der Waals surface area contributed by atoms with Gasteiger partial charge in [-0.1, -0.05) is 30.3 Å². The topological polar surface area (TPSA) is 101 Å². The second kappa shape index (κ2) is 8.70. The molecule has 0 heterocycles. The number of carbonyl (C=O) groups is 1. The molecule has 1 amide bonds. The summed E-state index contributed by atoms with van der Waals surface area (Å²) in [7, 11) is -3.68. The lowest BCUT2D eigenvalue weighted by atomic mass is 10.1. The van der Waals surface area contributed by atoms with Gasteiger partial charge in [0.1, 0.15) is 5.82 Å². The molecule has 0 bridgehead atoms. The van der Waals surface area contributed by atoms with Crippen molar-refractivity contribution in [2.45, 2.75) is 17.9 Å². The monoisotopic (exact) mass is 365 g/mol. The van der Waals surface area contributed by atoms with E-state index >= 15 is 0 Å². The highest BCUT2D eigenvalue weighted by molar-refractivity contribution is 7.89. The molecule has 0 saturated heterocycles. The van der Waals surface area contributed by atoms with E-state index < -0.39 is 10.0 Å². The number of halogens is 1. The lowest BCUT2D eigenvalue weighted by Gasteiger charge is -2.08. The molecule has 0 aromatic heterocycles. The van der Waals surface area contributed by atoms with Crippen molar-refractivity contribution in [1.82, 2.24) is 10.6 Å². The van der Waals surface area contributed by atoms with Crippen molar-refractivity contribution in [2.75, 3.05) is 13.1 Å². The first kappa shape index (κ1) is 19.0. The van der Waals surface area contributed by atoms with Crippen LogP contribution in [0, 0.1) is 5.82 Å². The summed E-state index contributed by atoms with van der Waals surface area (Å²) in [6.07, 6.45) is 0.630. The highest BCUT2D eigenvalue weighted by Crippen LogP contribution is 2.09. The maximum Gasteiger partial charge on any atom is 0.238 e. The fraction of sp³-hybridized carbons (Fsp3) is 0.235. The van der Waals surface area contributed by atoms with Gasteiger partial charge in [-0.25, -0.2) is 17.9 Å². The summed E-state index contributed by atoms with van der Waals surface area (Å²) in [5.41, 5.74) is 1.36. The fourth-order valence-corrected chi connectivity index (χ4v) is 2.69. The Kier molecular flexibility index (Phi) is 6.63. The maximum absolute atomic E-state index is 13.4. The number of rotatable bonds is 8. The van der Waals surface area contributed by atoms with Crippen LogP contribution in [0.15, 0.2) is 53.4 Å². The molecule has 6 nitrogen and oxygen atoms in total. The third kappa shape index (κ3) is 6.26. The molecule has 0 fully saturated rings. The van der Waals surface area contributed by atoms with Crippen LogP contribution in [0.5, 0.6) is 0 Å². The molecular formula is C17H20FN3O3S. The first-order valence-corrected chi connectivity index (χ1v) is 9.23. The molecule has 2 aromatic rings. The lowest BCUT2D eigenvalue weighted by Crippen LogP contribution is -2.34. The van der Waals surface area contributed by atoms with Gasteiger partial charge in [-0.3, -0.25) is 4.79 Å². The Labute approximate surface area is 146 Å². The van der Waals surface area contributed by atoms with Crippen molar-refractivity contribution in [3.63, 3.8) is 0 Å². The number of hydrogen-bond acceptors (Lipinski definition) is 4. The van der Waals surface area contributed by atoms with Crippen molar-refractivity contribution >= 4 is 15.9 Å². The highest BCUT2D eigenvalue weighted by Gasteiger charge is 2.07. The molecule has 0 aliphatic rings. The van der Waals surface area contributed by atoms with E-state index in [2.05, 4.69) is 10.6 Å². The summed E-state index contributed by atoms with van der Waals surface area (Å²) in [6.45, 7) is 0.799. The van der Waals surface area contributed by atoms with E-state index in [-0.39, 0.29) is 29.7 Å². The van der Waals surface area contributed by atoms with Gasteiger partial charge in [-0.15, -0.1) is 0 Å². The van der Waals surface area contributed by atoms with Gasteiger partial charge in [0.15, 0.2) is 0 Å². The van der Waals surface area contributed by atoms with Crippen LogP contribution in [0.2, 0.25) is 0 Å². The Balaban J connectivity index is 1.69. The molecule has 0 saturated carbocycles. The molecule has 2 rings (SSSR count). The molecule has 2 aromatic carbocycles. The van der Waals surface area contributed by atoms with E-state index in [1.807, 2.05) is 0 Å². The number of amides is 1. The lowest BCUT2D eigenvalue weighted by molar-refractivity contribution is -0.120. The Hall–Kier alpha value is -2.29. The molecule has 0 aliphatic heterocycles. The van der Waals surface area contributed by atoms with Gasteiger partial charge < -0.3 is 10.6 Å². The summed E-state index contributed by atoms with van der Waals surface area (Å²) in [4.78, 5) is 11.8. The molecule has 0 unspecified atom stereocenters. The molecule has 8 heteroatoms. The second-order valence-electron chi connectivity index (χ2n) is 5.48. The Bertz CT molecular complexity index is 823. The van der Waals surface area contributed by atoms with Crippen LogP contribution in [-0.4, -0.2) is 27.4 Å². The number of nitrogens with one attached hydrogen (secondary N) is 2. The predicted octanol–water partition coefficient (Wildman–Crippen LogP) is 0.922. The second-order valence-corrected chi connectivity index (χ2v) is 7.05. The Morgan fingerprint density at radius 3 is 2.40 bits per heavy atom. The fourth-order valence-electron chi connectivity index (χ4n) is 2.18. The quantitative estimate of drug-likeness (QED) is 0.606. The minimum Gasteiger partial charge on any atom is -0.351 e. The molecule has 134 valence electrons. The average molecular weight is 365 g/mol. The number of benzene rings is 2. The number of primary sulfonamides is 1. The molecule has 0 aliphatic carbocycles. The third-order valence-electron chi connectivity index (χ3n) is 3.56. The van der Waals surface area contributed by atoms with E-state index in [9.17, 15) is 17.6 Å². The Morgan fingerprint density at radius 1 is 1.08 bits per heavy atom. The molecule has 25 heavy (non-hydrogen) atoms. The van der Waals surface area contributed by atoms with Crippen LogP contribution in [-0.2, 0) is 27.8 Å².